The van der Waals surface area contributed by atoms with Crippen LogP contribution in [0.15, 0.2) is 64.8 Å². The molecule has 0 unspecified atom stereocenters. The minimum atomic E-state index is -0.306. The molecule has 8 nitrogen and oxygen atoms in total. The molecule has 0 spiro atoms. The van der Waals surface area contributed by atoms with Gasteiger partial charge in [0, 0.05) is 18.2 Å². The molecule has 3 aromatic heterocycles. The number of nitrogens with one attached hydrogen (secondary N) is 2. The summed E-state index contributed by atoms with van der Waals surface area (Å²) in [4.78, 5) is 25.5. The summed E-state index contributed by atoms with van der Waals surface area (Å²) in [5.41, 5.74) is 2.32. The van der Waals surface area contributed by atoms with E-state index in [1.807, 2.05) is 41.8 Å². The summed E-state index contributed by atoms with van der Waals surface area (Å²) in [5, 5.41) is 16.1. The molecule has 30 heavy (non-hydrogen) atoms. The molecule has 0 bridgehead atoms. The van der Waals surface area contributed by atoms with E-state index in [0.717, 1.165) is 16.1 Å². The second-order valence-electron chi connectivity index (χ2n) is 6.41. The molecule has 0 atom stereocenters. The predicted octanol–water partition coefficient (Wildman–Crippen LogP) is 2.80. The first-order chi connectivity index (χ1) is 14.6. The van der Waals surface area contributed by atoms with Crippen LogP contribution in [0, 0.1) is 0 Å². The van der Waals surface area contributed by atoms with Crippen LogP contribution in [0.2, 0.25) is 0 Å². The fraction of sp³-hybridized carbons (Fsp3) is 0.143. The highest BCUT2D eigenvalue weighted by molar-refractivity contribution is 7.13. The number of rotatable bonds is 7. The molecule has 9 heteroatoms. The van der Waals surface area contributed by atoms with E-state index >= 15 is 0 Å². The van der Waals surface area contributed by atoms with Crippen molar-refractivity contribution >= 4 is 17.2 Å². The zero-order valence-corrected chi connectivity index (χ0v) is 17.0. The largest absolute Gasteiger partial charge is 0.497 e. The van der Waals surface area contributed by atoms with Gasteiger partial charge in [-0.2, -0.15) is 10.2 Å². The number of hydrogen-bond acceptors (Lipinski definition) is 6. The number of nitrogens with zero attached hydrogens (tertiary/aromatic N) is 3. The van der Waals surface area contributed by atoms with E-state index in [0.29, 0.717) is 17.1 Å². The maximum absolute atomic E-state index is 12.4. The van der Waals surface area contributed by atoms with Gasteiger partial charge in [-0.25, -0.2) is 4.68 Å². The number of carbonyl (C=O) groups excluding carboxylic acids is 1. The van der Waals surface area contributed by atoms with Crippen molar-refractivity contribution < 1.29 is 9.53 Å². The summed E-state index contributed by atoms with van der Waals surface area (Å²) >= 11 is 1.55. The fourth-order valence-electron chi connectivity index (χ4n) is 2.90. The SMILES string of the molecule is COc1cccc(-c2cc(C(=O)NCCn3nc(-c4cccs4)ccc3=O)[nH]n2)c1. The molecular weight excluding hydrogens is 402 g/mol. The maximum atomic E-state index is 12.4. The second kappa shape index (κ2) is 8.75. The van der Waals surface area contributed by atoms with Crippen molar-refractivity contribution in [2.75, 3.05) is 13.7 Å². The van der Waals surface area contributed by atoms with Crippen LogP contribution >= 0.6 is 11.3 Å². The highest BCUT2D eigenvalue weighted by Gasteiger charge is 2.12. The van der Waals surface area contributed by atoms with Crippen LogP contribution in [-0.4, -0.2) is 39.5 Å². The normalized spacial score (nSPS) is 10.7. The number of methoxy groups -OCH3 is 1. The minimum Gasteiger partial charge on any atom is -0.497 e. The van der Waals surface area contributed by atoms with Gasteiger partial charge in [0.15, 0.2) is 0 Å². The van der Waals surface area contributed by atoms with Gasteiger partial charge in [0.05, 0.1) is 24.2 Å². The number of carbonyl (C=O) groups is 1. The van der Waals surface area contributed by atoms with Gasteiger partial charge in [-0.1, -0.05) is 18.2 Å². The van der Waals surface area contributed by atoms with Crippen molar-refractivity contribution in [3.05, 3.63) is 76.0 Å². The van der Waals surface area contributed by atoms with Crippen molar-refractivity contribution in [2.24, 2.45) is 0 Å². The number of benzene rings is 1. The Morgan fingerprint density at radius 1 is 1.17 bits per heavy atom. The van der Waals surface area contributed by atoms with Crippen LogP contribution in [0.4, 0.5) is 0 Å². The fourth-order valence-corrected chi connectivity index (χ4v) is 3.59. The summed E-state index contributed by atoms with van der Waals surface area (Å²) in [5.74, 6) is 0.406. The number of amides is 1. The third-order valence-electron chi connectivity index (χ3n) is 4.44. The van der Waals surface area contributed by atoms with E-state index in [-0.39, 0.29) is 24.6 Å². The molecular formula is C21H19N5O3S. The lowest BCUT2D eigenvalue weighted by molar-refractivity contribution is 0.0946. The number of aromatic amines is 1. The smallest absolute Gasteiger partial charge is 0.269 e. The lowest BCUT2D eigenvalue weighted by Gasteiger charge is -2.07. The van der Waals surface area contributed by atoms with Crippen LogP contribution < -0.4 is 15.6 Å². The molecule has 0 aliphatic rings. The second-order valence-corrected chi connectivity index (χ2v) is 7.36. The van der Waals surface area contributed by atoms with Gasteiger partial charge in [0.2, 0.25) is 0 Å². The van der Waals surface area contributed by atoms with Crippen LogP contribution in [0.5, 0.6) is 5.75 Å². The molecule has 0 radical (unpaired) electrons. The molecule has 2 N–H and O–H groups in total. The Bertz CT molecular complexity index is 1210. The first kappa shape index (κ1) is 19.6. The molecule has 1 amide bonds. The number of ether oxygens (including phenoxy) is 1. The molecule has 152 valence electrons. The Labute approximate surface area is 176 Å². The van der Waals surface area contributed by atoms with Gasteiger partial charge in [-0.05, 0) is 35.7 Å². The van der Waals surface area contributed by atoms with E-state index in [1.165, 1.54) is 10.7 Å². The van der Waals surface area contributed by atoms with E-state index in [4.69, 9.17) is 4.74 Å². The van der Waals surface area contributed by atoms with Gasteiger partial charge in [-0.15, -0.1) is 11.3 Å². The van der Waals surface area contributed by atoms with E-state index in [9.17, 15) is 9.59 Å². The Morgan fingerprint density at radius 2 is 2.07 bits per heavy atom. The van der Waals surface area contributed by atoms with Gasteiger partial charge < -0.3 is 10.1 Å². The first-order valence-electron chi connectivity index (χ1n) is 9.24. The summed E-state index contributed by atoms with van der Waals surface area (Å²) < 4.78 is 6.57. The highest BCUT2D eigenvalue weighted by Crippen LogP contribution is 2.23. The van der Waals surface area contributed by atoms with Gasteiger partial charge in [0.25, 0.3) is 11.5 Å². The van der Waals surface area contributed by atoms with E-state index in [2.05, 4.69) is 20.6 Å². The molecule has 0 aliphatic carbocycles. The van der Waals surface area contributed by atoms with Crippen LogP contribution in [0.25, 0.3) is 21.8 Å². The van der Waals surface area contributed by atoms with E-state index < -0.39 is 0 Å². The van der Waals surface area contributed by atoms with Crippen molar-refractivity contribution in [3.8, 4) is 27.6 Å². The summed E-state index contributed by atoms with van der Waals surface area (Å²) in [6.45, 7) is 0.522. The Morgan fingerprint density at radius 3 is 2.87 bits per heavy atom. The third kappa shape index (κ3) is 4.31. The first-order valence-corrected chi connectivity index (χ1v) is 10.1. The van der Waals surface area contributed by atoms with Crippen molar-refractivity contribution in [1.29, 1.82) is 0 Å². The Balaban J connectivity index is 1.39. The zero-order valence-electron chi connectivity index (χ0n) is 16.2. The van der Waals surface area contributed by atoms with Crippen LogP contribution in [0.1, 0.15) is 10.5 Å². The number of thiophene rings is 1. The third-order valence-corrected chi connectivity index (χ3v) is 5.33. The Hall–Kier alpha value is -3.72. The molecule has 3 heterocycles. The lowest BCUT2D eigenvalue weighted by atomic mass is 10.1. The lowest BCUT2D eigenvalue weighted by Crippen LogP contribution is -2.32. The zero-order chi connectivity index (χ0) is 20.9. The average molecular weight is 421 g/mol. The average Bonchev–Trinajstić information content (AvgIpc) is 3.47. The van der Waals surface area contributed by atoms with Gasteiger partial charge in [0.1, 0.15) is 17.1 Å². The minimum absolute atomic E-state index is 0.216. The highest BCUT2D eigenvalue weighted by atomic mass is 32.1. The molecule has 0 saturated carbocycles. The quantitative estimate of drug-likeness (QED) is 0.478. The van der Waals surface area contributed by atoms with Crippen molar-refractivity contribution in [2.45, 2.75) is 6.54 Å². The summed E-state index contributed by atoms with van der Waals surface area (Å²) in [6.07, 6.45) is 0. The molecule has 0 aliphatic heterocycles. The monoisotopic (exact) mass is 421 g/mol. The standard InChI is InChI=1S/C21H19N5O3S/c1-29-15-5-2-4-14(12-15)17-13-18(24-23-17)21(28)22-9-10-26-20(27)8-7-16(25-26)19-6-3-11-30-19/h2-8,11-13H,9-10H2,1H3,(H,22,28)(H,23,24). The maximum Gasteiger partial charge on any atom is 0.269 e. The summed E-state index contributed by atoms with van der Waals surface area (Å²) in [6, 6.07) is 16.2. The summed E-state index contributed by atoms with van der Waals surface area (Å²) in [7, 11) is 1.60. The molecule has 4 rings (SSSR count). The van der Waals surface area contributed by atoms with E-state index in [1.54, 1.807) is 30.6 Å². The molecule has 1 aromatic carbocycles. The number of aromatic nitrogens is 4. The predicted molar refractivity (Wildman–Crippen MR) is 115 cm³/mol. The number of H-pyrrole nitrogens is 1. The van der Waals surface area contributed by atoms with Gasteiger partial charge in [-0.3, -0.25) is 14.7 Å². The molecule has 0 fully saturated rings. The molecule has 4 aromatic rings. The van der Waals surface area contributed by atoms with Gasteiger partial charge >= 0.3 is 0 Å². The Kier molecular flexibility index (Phi) is 5.71. The van der Waals surface area contributed by atoms with Crippen LogP contribution in [-0.2, 0) is 6.54 Å². The van der Waals surface area contributed by atoms with Crippen molar-refractivity contribution in [3.63, 3.8) is 0 Å². The number of hydrogen-bond donors (Lipinski definition) is 2. The van der Waals surface area contributed by atoms with Crippen molar-refractivity contribution in [1.82, 2.24) is 25.3 Å². The molecule has 0 saturated heterocycles. The van der Waals surface area contributed by atoms with Crippen LogP contribution in [0.3, 0.4) is 0 Å². The topological polar surface area (TPSA) is 102 Å².